The zero-order chi connectivity index (χ0) is 15.5. The average Bonchev–Trinajstić information content (AvgIpc) is 2.86. The second kappa shape index (κ2) is 5.70. The number of H-pyrrole nitrogens is 1. The lowest BCUT2D eigenvalue weighted by Crippen LogP contribution is -2.13. The Bertz CT molecular complexity index is 674. The van der Waals surface area contributed by atoms with E-state index in [4.69, 9.17) is 10.00 Å². The molecule has 0 aliphatic heterocycles. The van der Waals surface area contributed by atoms with Crippen molar-refractivity contribution in [1.29, 1.82) is 5.26 Å². The summed E-state index contributed by atoms with van der Waals surface area (Å²) in [5.74, 6) is 0.241. The third-order valence-electron chi connectivity index (χ3n) is 2.67. The van der Waals surface area contributed by atoms with Crippen LogP contribution in [-0.4, -0.2) is 22.3 Å². The van der Waals surface area contributed by atoms with Gasteiger partial charge in [-0.25, -0.2) is 0 Å². The Hall–Kier alpha value is -2.76. The number of nitrogens with zero attached hydrogens (tertiary/aromatic N) is 3. The van der Waals surface area contributed by atoms with E-state index >= 15 is 0 Å². The van der Waals surface area contributed by atoms with E-state index in [-0.39, 0.29) is 29.5 Å². The Morgan fingerprint density at radius 1 is 1.48 bits per heavy atom. The second-order valence-corrected chi connectivity index (χ2v) is 3.94. The number of alkyl halides is 3. The average molecular weight is 297 g/mol. The largest absolute Gasteiger partial charge is 0.479 e. The maximum atomic E-state index is 12.8. The first-order valence-electron chi connectivity index (χ1n) is 5.74. The molecule has 0 bridgehead atoms. The van der Waals surface area contributed by atoms with Gasteiger partial charge in [-0.3, -0.25) is 10.1 Å². The van der Waals surface area contributed by atoms with Crippen molar-refractivity contribution in [1.82, 2.24) is 15.2 Å². The smallest absolute Gasteiger partial charge is 0.418 e. The number of halogens is 3. The molecule has 0 aliphatic rings. The molecule has 6 nitrogen and oxygen atoms in total. The zero-order valence-electron chi connectivity index (χ0n) is 10.8. The fourth-order valence-corrected chi connectivity index (χ4v) is 1.71. The van der Waals surface area contributed by atoms with Gasteiger partial charge < -0.3 is 10.1 Å². The Morgan fingerprint density at radius 2 is 2.24 bits per heavy atom. The lowest BCUT2D eigenvalue weighted by molar-refractivity contribution is -0.138. The van der Waals surface area contributed by atoms with Gasteiger partial charge in [-0.1, -0.05) is 0 Å². The minimum Gasteiger partial charge on any atom is -0.479 e. The molecule has 2 aromatic heterocycles. The molecule has 0 spiro atoms. The number of anilines is 1. The van der Waals surface area contributed by atoms with Gasteiger partial charge in [0.25, 0.3) is 5.88 Å². The van der Waals surface area contributed by atoms with Crippen LogP contribution in [0, 0.1) is 11.3 Å². The van der Waals surface area contributed by atoms with Crippen LogP contribution in [0.1, 0.15) is 16.8 Å². The topological polar surface area (TPSA) is 86.6 Å². The maximum Gasteiger partial charge on any atom is 0.418 e. The Balaban J connectivity index is 2.22. The number of ether oxygens (including phenoxy) is 1. The van der Waals surface area contributed by atoms with E-state index in [1.165, 1.54) is 19.4 Å². The van der Waals surface area contributed by atoms with Crippen molar-refractivity contribution in [3.8, 4) is 11.9 Å². The summed E-state index contributed by atoms with van der Waals surface area (Å²) < 4.78 is 43.3. The molecule has 0 radical (unpaired) electrons. The molecule has 2 heterocycles. The molecule has 110 valence electrons. The molecule has 0 amide bonds. The fraction of sp³-hybridized carbons (Fsp3) is 0.250. The first-order valence-corrected chi connectivity index (χ1v) is 5.74. The summed E-state index contributed by atoms with van der Waals surface area (Å²) in [6.45, 7) is -0.213. The van der Waals surface area contributed by atoms with Gasteiger partial charge >= 0.3 is 6.18 Å². The number of hydrogen-bond donors (Lipinski definition) is 2. The third kappa shape index (κ3) is 3.05. The van der Waals surface area contributed by atoms with E-state index in [9.17, 15) is 13.2 Å². The van der Waals surface area contributed by atoms with Gasteiger partial charge in [0, 0.05) is 6.20 Å². The van der Waals surface area contributed by atoms with Crippen molar-refractivity contribution in [2.75, 3.05) is 12.4 Å². The van der Waals surface area contributed by atoms with Crippen molar-refractivity contribution in [3.05, 3.63) is 35.2 Å². The minimum atomic E-state index is -4.49. The van der Waals surface area contributed by atoms with Crippen LogP contribution in [0.2, 0.25) is 0 Å². The molecule has 0 atom stereocenters. The van der Waals surface area contributed by atoms with E-state index in [0.29, 0.717) is 0 Å². The van der Waals surface area contributed by atoms with Crippen molar-refractivity contribution in [3.63, 3.8) is 0 Å². The van der Waals surface area contributed by atoms with Crippen LogP contribution in [0.15, 0.2) is 18.3 Å². The molecule has 2 rings (SSSR count). The summed E-state index contributed by atoms with van der Waals surface area (Å²) in [5.41, 5.74) is -0.924. The van der Waals surface area contributed by atoms with E-state index in [2.05, 4.69) is 20.5 Å². The lowest BCUT2D eigenvalue weighted by atomic mass is 10.2. The summed E-state index contributed by atoms with van der Waals surface area (Å²) in [4.78, 5) is 3.71. The highest BCUT2D eigenvalue weighted by Crippen LogP contribution is 2.31. The molecule has 2 aromatic rings. The fourth-order valence-electron chi connectivity index (χ4n) is 1.71. The molecule has 0 aromatic carbocycles. The first-order chi connectivity index (χ1) is 9.97. The lowest BCUT2D eigenvalue weighted by Gasteiger charge is -2.12. The van der Waals surface area contributed by atoms with E-state index in [0.717, 1.165) is 6.07 Å². The van der Waals surface area contributed by atoms with E-state index in [1.807, 2.05) is 6.07 Å². The highest BCUT2D eigenvalue weighted by molar-refractivity contribution is 5.57. The van der Waals surface area contributed by atoms with Crippen LogP contribution < -0.4 is 10.1 Å². The van der Waals surface area contributed by atoms with Crippen molar-refractivity contribution in [2.45, 2.75) is 12.7 Å². The first kappa shape index (κ1) is 14.6. The van der Waals surface area contributed by atoms with Crippen LogP contribution >= 0.6 is 0 Å². The Morgan fingerprint density at radius 3 is 2.86 bits per heavy atom. The van der Waals surface area contributed by atoms with E-state index in [1.54, 1.807) is 0 Å². The summed E-state index contributed by atoms with van der Waals surface area (Å²) >= 11 is 0. The second-order valence-electron chi connectivity index (χ2n) is 3.94. The molecular formula is C12H10F3N5O. The molecule has 0 aliphatic carbocycles. The van der Waals surface area contributed by atoms with Crippen LogP contribution in [0.25, 0.3) is 0 Å². The maximum absolute atomic E-state index is 12.8. The number of hydrogen-bond acceptors (Lipinski definition) is 5. The normalized spacial score (nSPS) is 11.0. The molecule has 0 fully saturated rings. The summed E-state index contributed by atoms with van der Waals surface area (Å²) in [6, 6.07) is 4.01. The third-order valence-corrected chi connectivity index (χ3v) is 2.67. The van der Waals surface area contributed by atoms with Crippen LogP contribution in [0.5, 0.6) is 5.88 Å². The molecular weight excluding hydrogens is 287 g/mol. The predicted molar refractivity (Wildman–Crippen MR) is 66.4 cm³/mol. The van der Waals surface area contributed by atoms with Crippen molar-refractivity contribution < 1.29 is 17.9 Å². The molecule has 21 heavy (non-hydrogen) atoms. The van der Waals surface area contributed by atoms with E-state index < -0.39 is 11.7 Å². The van der Waals surface area contributed by atoms with Gasteiger partial charge in [0.1, 0.15) is 11.9 Å². The monoisotopic (exact) mass is 297 g/mol. The minimum absolute atomic E-state index is 0.0667. The van der Waals surface area contributed by atoms with Gasteiger partial charge in [-0.15, -0.1) is 5.10 Å². The summed E-state index contributed by atoms with van der Waals surface area (Å²) in [7, 11) is 1.33. The van der Waals surface area contributed by atoms with Gasteiger partial charge in [-0.05, 0) is 12.1 Å². The van der Waals surface area contributed by atoms with Gasteiger partial charge in [0.2, 0.25) is 0 Å². The van der Waals surface area contributed by atoms with Crippen molar-refractivity contribution in [2.24, 2.45) is 0 Å². The predicted octanol–water partition coefficient (Wildman–Crippen LogP) is 2.32. The van der Waals surface area contributed by atoms with Crippen LogP contribution in [-0.2, 0) is 12.7 Å². The Labute approximate surface area is 117 Å². The number of pyridine rings is 1. The van der Waals surface area contributed by atoms with Gasteiger partial charge in [0.15, 0.2) is 5.56 Å². The zero-order valence-corrected chi connectivity index (χ0v) is 10.8. The number of aromatic nitrogens is 3. The summed E-state index contributed by atoms with van der Waals surface area (Å²) in [6.07, 6.45) is -3.22. The Kier molecular flexibility index (Phi) is 3.98. The van der Waals surface area contributed by atoms with Gasteiger partial charge in [0.05, 0.1) is 24.9 Å². The number of nitrogens with one attached hydrogen (secondary N) is 2. The highest BCUT2D eigenvalue weighted by Gasteiger charge is 2.33. The SMILES string of the molecule is COc1n[nH]c(NCc2ncccc2C(F)(F)F)c1C#N. The number of rotatable bonds is 4. The van der Waals surface area contributed by atoms with Crippen LogP contribution in [0.3, 0.4) is 0 Å². The highest BCUT2D eigenvalue weighted by atomic mass is 19.4. The molecule has 0 saturated heterocycles. The van der Waals surface area contributed by atoms with Crippen LogP contribution in [0.4, 0.5) is 19.0 Å². The van der Waals surface area contributed by atoms with Crippen molar-refractivity contribution >= 4 is 5.82 Å². The molecule has 9 heteroatoms. The van der Waals surface area contributed by atoms with Gasteiger partial charge in [-0.2, -0.15) is 18.4 Å². The number of nitriles is 1. The summed E-state index contributed by atoms with van der Waals surface area (Å²) in [5, 5.41) is 17.8. The molecule has 2 N–H and O–H groups in total. The quantitative estimate of drug-likeness (QED) is 0.904. The molecule has 0 saturated carbocycles. The standard InChI is InChI=1S/C12H10F3N5O/c1-21-11-7(5-16)10(19-20-11)18-6-9-8(12(13,14)15)3-2-4-17-9/h2-4H,6H2,1H3,(H2,18,19,20). The number of methoxy groups -OCH3 is 1. The molecule has 0 unspecified atom stereocenters. The number of aromatic amines is 1.